The van der Waals surface area contributed by atoms with Crippen molar-refractivity contribution in [1.82, 2.24) is 4.90 Å². The Morgan fingerprint density at radius 1 is 1.00 bits per heavy atom. The third kappa shape index (κ3) is 5.85. The maximum atomic E-state index is 13.1. The maximum absolute atomic E-state index is 13.1. The van der Waals surface area contributed by atoms with Crippen molar-refractivity contribution < 1.29 is 23.5 Å². The minimum atomic E-state index is -0.317. The largest absolute Gasteiger partial charge is 0.497 e. The van der Waals surface area contributed by atoms with Gasteiger partial charge in [0.15, 0.2) is 6.61 Å². The van der Waals surface area contributed by atoms with E-state index < -0.39 is 0 Å². The zero-order valence-electron chi connectivity index (χ0n) is 18.2. The smallest absolute Gasteiger partial charge is 0.262 e. The van der Waals surface area contributed by atoms with E-state index in [1.807, 2.05) is 6.92 Å². The lowest BCUT2D eigenvalue weighted by Crippen LogP contribution is -2.29. The van der Waals surface area contributed by atoms with Gasteiger partial charge in [0.25, 0.3) is 11.8 Å². The monoisotopic (exact) mass is 436 g/mol. The van der Waals surface area contributed by atoms with Gasteiger partial charge in [-0.15, -0.1) is 0 Å². The van der Waals surface area contributed by atoms with Gasteiger partial charge in [0.2, 0.25) is 0 Å². The van der Waals surface area contributed by atoms with Gasteiger partial charge in [-0.25, -0.2) is 4.39 Å². The van der Waals surface area contributed by atoms with Crippen LogP contribution in [-0.4, -0.2) is 37.5 Å². The first-order chi connectivity index (χ1) is 15.4. The van der Waals surface area contributed by atoms with Gasteiger partial charge in [0.05, 0.1) is 13.2 Å². The Labute approximate surface area is 186 Å². The van der Waals surface area contributed by atoms with Crippen LogP contribution in [0.1, 0.15) is 28.9 Å². The topological polar surface area (TPSA) is 67.9 Å². The van der Waals surface area contributed by atoms with E-state index in [0.717, 1.165) is 5.56 Å². The Kier molecular flexibility index (Phi) is 7.44. The van der Waals surface area contributed by atoms with Crippen molar-refractivity contribution in [3.8, 4) is 11.5 Å². The van der Waals surface area contributed by atoms with E-state index in [0.29, 0.717) is 22.7 Å². The van der Waals surface area contributed by atoms with Crippen LogP contribution in [0.5, 0.6) is 11.5 Å². The molecule has 2 amide bonds. The van der Waals surface area contributed by atoms with E-state index in [1.54, 1.807) is 79.7 Å². The molecule has 0 aromatic heterocycles. The fourth-order valence-electron chi connectivity index (χ4n) is 3.08. The molecule has 0 saturated heterocycles. The molecule has 0 heterocycles. The second-order valence-corrected chi connectivity index (χ2v) is 7.24. The molecule has 1 N–H and O–H groups in total. The van der Waals surface area contributed by atoms with Crippen molar-refractivity contribution in [2.45, 2.75) is 13.0 Å². The fourth-order valence-corrected chi connectivity index (χ4v) is 3.08. The van der Waals surface area contributed by atoms with Crippen LogP contribution in [0.3, 0.4) is 0 Å². The van der Waals surface area contributed by atoms with Gasteiger partial charge < -0.3 is 19.7 Å². The zero-order chi connectivity index (χ0) is 23.1. The van der Waals surface area contributed by atoms with Crippen LogP contribution in [0.4, 0.5) is 10.1 Å². The van der Waals surface area contributed by atoms with Crippen LogP contribution in [0.15, 0.2) is 72.8 Å². The number of carbonyl (C=O) groups excluding carboxylic acids is 2. The summed E-state index contributed by atoms with van der Waals surface area (Å²) in [4.78, 5) is 26.5. The first-order valence-electron chi connectivity index (χ1n) is 10.1. The van der Waals surface area contributed by atoms with Gasteiger partial charge in [-0.05, 0) is 61.0 Å². The van der Waals surface area contributed by atoms with Crippen LogP contribution in [-0.2, 0) is 4.79 Å². The molecule has 166 valence electrons. The summed E-state index contributed by atoms with van der Waals surface area (Å²) in [7, 11) is 3.25. The highest BCUT2D eigenvalue weighted by Crippen LogP contribution is 2.22. The van der Waals surface area contributed by atoms with Gasteiger partial charge in [-0.2, -0.15) is 0 Å². The highest BCUT2D eigenvalue weighted by atomic mass is 19.1. The number of ether oxygens (including phenoxy) is 2. The summed E-state index contributed by atoms with van der Waals surface area (Å²) in [5.41, 5.74) is 1.93. The van der Waals surface area contributed by atoms with Gasteiger partial charge in [-0.3, -0.25) is 9.59 Å². The number of nitrogens with one attached hydrogen (secondary N) is 1. The lowest BCUT2D eigenvalue weighted by molar-refractivity contribution is -0.118. The lowest BCUT2D eigenvalue weighted by atomic mass is 10.1. The molecule has 3 aromatic rings. The Bertz CT molecular complexity index is 1070. The van der Waals surface area contributed by atoms with Crippen LogP contribution < -0.4 is 14.8 Å². The van der Waals surface area contributed by atoms with Crippen LogP contribution >= 0.6 is 0 Å². The van der Waals surface area contributed by atoms with E-state index in [-0.39, 0.29) is 30.3 Å². The molecule has 0 aliphatic carbocycles. The Morgan fingerprint density at radius 2 is 1.69 bits per heavy atom. The molecule has 1 atom stereocenters. The molecule has 7 heteroatoms. The third-order valence-electron chi connectivity index (χ3n) is 5.08. The predicted octanol–water partition coefficient (Wildman–Crippen LogP) is 4.69. The van der Waals surface area contributed by atoms with Gasteiger partial charge >= 0.3 is 0 Å². The van der Waals surface area contributed by atoms with Crippen molar-refractivity contribution in [2.75, 3.05) is 26.1 Å². The van der Waals surface area contributed by atoms with Gasteiger partial charge in [0, 0.05) is 24.4 Å². The number of hydrogen-bond donors (Lipinski definition) is 1. The standard InChI is InChI=1S/C25H25FN2O4/c1-17(18-7-11-20(26)12-8-18)28(2)25(30)19-9-13-22(14-10-19)32-16-24(29)27-21-5-4-6-23(15-21)31-3/h4-15,17H,16H2,1-3H3,(H,27,29). The van der Waals surface area contributed by atoms with E-state index in [1.165, 1.54) is 12.1 Å². The van der Waals surface area contributed by atoms with Crippen LogP contribution in [0.2, 0.25) is 0 Å². The summed E-state index contributed by atoms with van der Waals surface area (Å²) >= 11 is 0. The van der Waals surface area contributed by atoms with E-state index in [4.69, 9.17) is 9.47 Å². The first-order valence-corrected chi connectivity index (χ1v) is 10.1. The molecule has 0 aliphatic rings. The number of amides is 2. The maximum Gasteiger partial charge on any atom is 0.262 e. The summed E-state index contributed by atoms with van der Waals surface area (Å²) in [6.45, 7) is 1.70. The number of methoxy groups -OCH3 is 1. The molecule has 0 radical (unpaired) electrons. The molecule has 0 spiro atoms. The average molecular weight is 436 g/mol. The van der Waals surface area contributed by atoms with E-state index >= 15 is 0 Å². The number of benzene rings is 3. The normalized spacial score (nSPS) is 11.4. The molecular weight excluding hydrogens is 411 g/mol. The molecule has 0 fully saturated rings. The van der Waals surface area contributed by atoms with Crippen molar-refractivity contribution >= 4 is 17.5 Å². The first kappa shape index (κ1) is 22.8. The number of nitrogens with zero attached hydrogens (tertiary/aromatic N) is 1. The molecule has 0 aliphatic heterocycles. The minimum absolute atomic E-state index is 0.175. The van der Waals surface area contributed by atoms with Gasteiger partial charge in [-0.1, -0.05) is 18.2 Å². The van der Waals surface area contributed by atoms with Gasteiger partial charge in [0.1, 0.15) is 17.3 Å². The number of anilines is 1. The Hall–Kier alpha value is -3.87. The second kappa shape index (κ2) is 10.4. The predicted molar refractivity (Wildman–Crippen MR) is 120 cm³/mol. The van der Waals surface area contributed by atoms with E-state index in [2.05, 4.69) is 5.32 Å². The van der Waals surface area contributed by atoms with Crippen LogP contribution in [0, 0.1) is 5.82 Å². The van der Waals surface area contributed by atoms with Crippen molar-refractivity contribution in [3.05, 3.63) is 89.7 Å². The summed E-state index contributed by atoms with van der Waals surface area (Å²) in [5, 5.41) is 2.73. The number of rotatable bonds is 8. The summed E-state index contributed by atoms with van der Waals surface area (Å²) < 4.78 is 23.8. The third-order valence-corrected chi connectivity index (χ3v) is 5.08. The van der Waals surface area contributed by atoms with Crippen molar-refractivity contribution in [1.29, 1.82) is 0 Å². The number of halogens is 1. The number of carbonyl (C=O) groups is 2. The second-order valence-electron chi connectivity index (χ2n) is 7.24. The Morgan fingerprint density at radius 3 is 2.34 bits per heavy atom. The Balaban J connectivity index is 1.55. The highest BCUT2D eigenvalue weighted by molar-refractivity contribution is 5.94. The zero-order valence-corrected chi connectivity index (χ0v) is 18.2. The fraction of sp³-hybridized carbons (Fsp3) is 0.200. The summed E-state index contributed by atoms with van der Waals surface area (Å²) in [6.07, 6.45) is 0. The van der Waals surface area contributed by atoms with Crippen molar-refractivity contribution in [2.24, 2.45) is 0 Å². The molecule has 0 saturated carbocycles. The number of hydrogen-bond acceptors (Lipinski definition) is 4. The quantitative estimate of drug-likeness (QED) is 0.557. The SMILES string of the molecule is COc1cccc(NC(=O)COc2ccc(C(=O)N(C)C(C)c3ccc(F)cc3)cc2)c1. The van der Waals surface area contributed by atoms with Crippen LogP contribution in [0.25, 0.3) is 0 Å². The minimum Gasteiger partial charge on any atom is -0.497 e. The molecule has 3 rings (SSSR count). The lowest BCUT2D eigenvalue weighted by Gasteiger charge is -2.25. The average Bonchev–Trinajstić information content (AvgIpc) is 2.82. The summed E-state index contributed by atoms with van der Waals surface area (Å²) in [6, 6.07) is 19.5. The summed E-state index contributed by atoms with van der Waals surface area (Å²) in [5.74, 6) is 0.303. The van der Waals surface area contributed by atoms with Crippen molar-refractivity contribution in [3.63, 3.8) is 0 Å². The molecule has 32 heavy (non-hydrogen) atoms. The van der Waals surface area contributed by atoms with E-state index in [9.17, 15) is 14.0 Å². The molecular formula is C25H25FN2O4. The molecule has 6 nitrogen and oxygen atoms in total. The highest BCUT2D eigenvalue weighted by Gasteiger charge is 2.19. The molecule has 1 unspecified atom stereocenters. The molecule has 0 bridgehead atoms. The molecule has 3 aromatic carbocycles.